The van der Waals surface area contributed by atoms with Gasteiger partial charge in [0.15, 0.2) is 0 Å². The van der Waals surface area contributed by atoms with Crippen molar-refractivity contribution in [3.05, 3.63) is 29.6 Å². The van der Waals surface area contributed by atoms with Crippen LogP contribution in [0.15, 0.2) is 18.2 Å². The van der Waals surface area contributed by atoms with Gasteiger partial charge in [-0.3, -0.25) is 4.79 Å². The van der Waals surface area contributed by atoms with Gasteiger partial charge in [-0.2, -0.15) is 0 Å². The number of anilines is 1. The second kappa shape index (κ2) is 6.50. The number of carbonyl (C=O) groups is 3. The van der Waals surface area contributed by atoms with Gasteiger partial charge in [-0.15, -0.1) is 0 Å². The fraction of sp³-hybridized carbons (Fsp3) is 0.250. The van der Waals surface area contributed by atoms with Gasteiger partial charge in [-0.05, 0) is 25.1 Å². The topological polar surface area (TPSA) is 108 Å². The Kier molecular flexibility index (Phi) is 5.01. The second-order valence-corrected chi connectivity index (χ2v) is 3.93. The number of carboxylic acids is 1. The summed E-state index contributed by atoms with van der Waals surface area (Å²) in [7, 11) is 1.41. The summed E-state index contributed by atoms with van der Waals surface area (Å²) < 4.78 is 13.1. The molecule has 0 aromatic heterocycles. The fourth-order valence-corrected chi connectivity index (χ4v) is 1.44. The van der Waals surface area contributed by atoms with Crippen molar-refractivity contribution >= 4 is 23.6 Å². The molecule has 0 saturated carbocycles. The van der Waals surface area contributed by atoms with E-state index in [2.05, 4.69) is 16.0 Å². The summed E-state index contributed by atoms with van der Waals surface area (Å²) in [4.78, 5) is 33.8. The van der Waals surface area contributed by atoms with Crippen molar-refractivity contribution < 1.29 is 23.9 Å². The van der Waals surface area contributed by atoms with Crippen molar-refractivity contribution in [3.63, 3.8) is 0 Å². The Hall–Kier alpha value is -2.64. The quantitative estimate of drug-likeness (QED) is 0.655. The van der Waals surface area contributed by atoms with Crippen LogP contribution in [0.25, 0.3) is 0 Å². The van der Waals surface area contributed by atoms with E-state index in [1.807, 2.05) is 0 Å². The summed E-state index contributed by atoms with van der Waals surface area (Å²) >= 11 is 0. The number of likely N-dealkylation sites (N-methyl/N-ethyl adjacent to an activating group) is 1. The smallest absolute Gasteiger partial charge is 0.337 e. The van der Waals surface area contributed by atoms with Crippen LogP contribution in [0.2, 0.25) is 0 Å². The maximum Gasteiger partial charge on any atom is 0.337 e. The lowest BCUT2D eigenvalue weighted by Gasteiger charge is -2.14. The van der Waals surface area contributed by atoms with Gasteiger partial charge in [-0.25, -0.2) is 14.0 Å². The van der Waals surface area contributed by atoms with Gasteiger partial charge in [0, 0.05) is 7.05 Å². The van der Waals surface area contributed by atoms with Crippen LogP contribution in [-0.2, 0) is 4.79 Å². The van der Waals surface area contributed by atoms with Crippen molar-refractivity contribution in [2.45, 2.75) is 13.0 Å². The maximum atomic E-state index is 13.1. The number of benzene rings is 1. The zero-order valence-corrected chi connectivity index (χ0v) is 10.9. The van der Waals surface area contributed by atoms with Crippen LogP contribution in [0.4, 0.5) is 14.9 Å². The van der Waals surface area contributed by atoms with Crippen molar-refractivity contribution in [3.8, 4) is 0 Å². The lowest BCUT2D eigenvalue weighted by Crippen LogP contribution is -2.45. The van der Waals surface area contributed by atoms with E-state index < -0.39 is 29.8 Å². The van der Waals surface area contributed by atoms with E-state index in [1.54, 1.807) is 0 Å². The van der Waals surface area contributed by atoms with Crippen LogP contribution >= 0.6 is 0 Å². The zero-order valence-electron chi connectivity index (χ0n) is 10.9. The summed E-state index contributed by atoms with van der Waals surface area (Å²) in [5, 5.41) is 15.7. The Morgan fingerprint density at radius 3 is 2.50 bits per heavy atom. The van der Waals surface area contributed by atoms with Crippen molar-refractivity contribution in [2.75, 3.05) is 12.4 Å². The third-order valence-electron chi connectivity index (χ3n) is 2.45. The molecule has 20 heavy (non-hydrogen) atoms. The molecule has 0 saturated heterocycles. The number of urea groups is 1. The van der Waals surface area contributed by atoms with Gasteiger partial charge >= 0.3 is 12.0 Å². The lowest BCUT2D eigenvalue weighted by molar-refractivity contribution is -0.122. The molecule has 0 heterocycles. The molecule has 0 spiro atoms. The molecule has 3 amide bonds. The van der Waals surface area contributed by atoms with Crippen LogP contribution in [0, 0.1) is 5.82 Å². The molecule has 0 aliphatic carbocycles. The van der Waals surface area contributed by atoms with E-state index >= 15 is 0 Å². The molecule has 1 rings (SSSR count). The van der Waals surface area contributed by atoms with Gasteiger partial charge < -0.3 is 21.1 Å². The normalized spacial score (nSPS) is 11.3. The summed E-state index contributed by atoms with van der Waals surface area (Å²) in [6.45, 7) is 1.45. The van der Waals surface area contributed by atoms with E-state index in [4.69, 9.17) is 5.11 Å². The SMILES string of the molecule is CNC(=O)C(C)NC(=O)Nc1cc(F)ccc1C(=O)O. The lowest BCUT2D eigenvalue weighted by atomic mass is 10.2. The number of hydrogen-bond acceptors (Lipinski definition) is 3. The van der Waals surface area contributed by atoms with Crippen molar-refractivity contribution in [1.29, 1.82) is 0 Å². The molecule has 1 unspecified atom stereocenters. The van der Waals surface area contributed by atoms with E-state index in [0.29, 0.717) is 0 Å². The molecule has 108 valence electrons. The number of halogens is 1. The van der Waals surface area contributed by atoms with E-state index in [0.717, 1.165) is 18.2 Å². The van der Waals surface area contributed by atoms with Gasteiger partial charge in [0.25, 0.3) is 0 Å². The predicted octanol–water partition coefficient (Wildman–Crippen LogP) is 0.780. The summed E-state index contributed by atoms with van der Waals surface area (Å²) in [6.07, 6.45) is 0. The monoisotopic (exact) mass is 283 g/mol. The summed E-state index contributed by atoms with van der Waals surface area (Å²) in [5.41, 5.74) is -0.451. The largest absolute Gasteiger partial charge is 0.478 e. The highest BCUT2D eigenvalue weighted by atomic mass is 19.1. The van der Waals surface area contributed by atoms with E-state index in [1.165, 1.54) is 14.0 Å². The highest BCUT2D eigenvalue weighted by Gasteiger charge is 2.17. The minimum absolute atomic E-state index is 0.195. The Labute approximate surface area is 114 Å². The van der Waals surface area contributed by atoms with Crippen molar-refractivity contribution in [2.24, 2.45) is 0 Å². The molecule has 0 aliphatic heterocycles. The van der Waals surface area contributed by atoms with Crippen LogP contribution in [-0.4, -0.2) is 36.1 Å². The molecule has 4 N–H and O–H groups in total. The maximum absolute atomic E-state index is 13.1. The highest BCUT2D eigenvalue weighted by molar-refractivity contribution is 6.00. The van der Waals surface area contributed by atoms with Crippen LogP contribution in [0.5, 0.6) is 0 Å². The van der Waals surface area contributed by atoms with Gasteiger partial charge in [0.2, 0.25) is 5.91 Å². The van der Waals surface area contributed by atoms with Crippen LogP contribution < -0.4 is 16.0 Å². The number of carboxylic acid groups (broad SMARTS) is 1. The number of nitrogens with one attached hydrogen (secondary N) is 3. The molecule has 1 atom stereocenters. The number of aromatic carboxylic acids is 1. The molecule has 0 fully saturated rings. The Bertz CT molecular complexity index is 548. The van der Waals surface area contributed by atoms with Crippen LogP contribution in [0.1, 0.15) is 17.3 Å². The first kappa shape index (κ1) is 15.4. The number of carbonyl (C=O) groups excluding carboxylic acids is 2. The first-order valence-electron chi connectivity index (χ1n) is 5.67. The Balaban J connectivity index is 2.82. The average Bonchev–Trinajstić information content (AvgIpc) is 2.37. The zero-order chi connectivity index (χ0) is 15.3. The Morgan fingerprint density at radius 2 is 1.95 bits per heavy atom. The molecule has 0 radical (unpaired) electrons. The predicted molar refractivity (Wildman–Crippen MR) is 69.0 cm³/mol. The summed E-state index contributed by atoms with van der Waals surface area (Å²) in [6, 6.07) is 1.26. The highest BCUT2D eigenvalue weighted by Crippen LogP contribution is 2.17. The minimum Gasteiger partial charge on any atom is -0.478 e. The molecule has 8 heteroatoms. The van der Waals surface area contributed by atoms with Gasteiger partial charge in [0.05, 0.1) is 11.3 Å². The van der Waals surface area contributed by atoms with Gasteiger partial charge in [-0.1, -0.05) is 0 Å². The second-order valence-electron chi connectivity index (χ2n) is 3.93. The molecular formula is C12H14FN3O4. The fourth-order valence-electron chi connectivity index (χ4n) is 1.44. The molecule has 0 aliphatic rings. The first-order chi connectivity index (χ1) is 9.35. The third kappa shape index (κ3) is 3.94. The molecule has 7 nitrogen and oxygen atoms in total. The third-order valence-corrected chi connectivity index (χ3v) is 2.45. The van der Waals surface area contributed by atoms with Crippen molar-refractivity contribution in [1.82, 2.24) is 10.6 Å². The van der Waals surface area contributed by atoms with Crippen LogP contribution in [0.3, 0.4) is 0 Å². The molecule has 1 aromatic carbocycles. The van der Waals surface area contributed by atoms with Gasteiger partial charge in [0.1, 0.15) is 11.9 Å². The molecule has 0 bridgehead atoms. The molecular weight excluding hydrogens is 269 g/mol. The number of amides is 3. The molecule has 1 aromatic rings. The number of rotatable bonds is 4. The number of hydrogen-bond donors (Lipinski definition) is 4. The average molecular weight is 283 g/mol. The Morgan fingerprint density at radius 1 is 1.30 bits per heavy atom. The minimum atomic E-state index is -1.31. The summed E-state index contributed by atoms with van der Waals surface area (Å²) in [5.74, 6) is -2.41. The first-order valence-corrected chi connectivity index (χ1v) is 5.67. The standard InChI is InChI=1S/C12H14FN3O4/c1-6(10(17)14-2)15-12(20)16-9-5-7(13)3-4-8(9)11(18)19/h3-6H,1-2H3,(H,14,17)(H,18,19)(H2,15,16,20). The van der Waals surface area contributed by atoms with E-state index in [-0.39, 0.29) is 11.3 Å². The van der Waals surface area contributed by atoms with E-state index in [9.17, 15) is 18.8 Å².